The SMILES string of the molecule is CCCCN(BC1CCCCCCCCCC1)CCCNC1CCC(Nc2ncnn3cccc23)CC1. The summed E-state index contributed by atoms with van der Waals surface area (Å²) in [5, 5.41) is 11.9. The second-order valence-electron chi connectivity index (χ2n) is 11.9. The first-order chi connectivity index (χ1) is 18.3. The van der Waals surface area contributed by atoms with Crippen molar-refractivity contribution in [3.8, 4) is 0 Å². The molecule has 2 aliphatic rings. The second kappa shape index (κ2) is 16.4. The minimum Gasteiger partial charge on any atom is -0.365 e. The average Bonchev–Trinajstić information content (AvgIpc) is 3.39. The van der Waals surface area contributed by atoms with E-state index in [1.807, 2.05) is 16.8 Å². The van der Waals surface area contributed by atoms with Gasteiger partial charge in [0.1, 0.15) is 11.8 Å². The van der Waals surface area contributed by atoms with E-state index in [1.165, 1.54) is 130 Å². The van der Waals surface area contributed by atoms with E-state index < -0.39 is 0 Å². The van der Waals surface area contributed by atoms with Crippen molar-refractivity contribution >= 4 is 18.7 Å². The lowest BCUT2D eigenvalue weighted by atomic mass is 9.68. The molecular weight excluding hydrogens is 455 g/mol. The number of rotatable bonds is 12. The quantitative estimate of drug-likeness (QED) is 0.250. The maximum absolute atomic E-state index is 4.49. The number of aromatic nitrogens is 3. The summed E-state index contributed by atoms with van der Waals surface area (Å²) in [5.74, 6) is 1.89. The molecule has 0 bridgehead atoms. The predicted molar refractivity (Wildman–Crippen MR) is 159 cm³/mol. The van der Waals surface area contributed by atoms with Crippen LogP contribution in [-0.2, 0) is 0 Å². The Balaban J connectivity index is 1.14. The van der Waals surface area contributed by atoms with E-state index in [4.69, 9.17) is 0 Å². The van der Waals surface area contributed by atoms with Gasteiger partial charge in [-0.15, -0.1) is 0 Å². The first-order valence-corrected chi connectivity index (χ1v) is 15.8. The molecule has 2 aromatic heterocycles. The van der Waals surface area contributed by atoms with Crippen LogP contribution in [0.2, 0.25) is 5.82 Å². The van der Waals surface area contributed by atoms with Crippen molar-refractivity contribution in [3.63, 3.8) is 0 Å². The monoisotopic (exact) mass is 508 g/mol. The topological polar surface area (TPSA) is 57.5 Å². The largest absolute Gasteiger partial charge is 0.365 e. The van der Waals surface area contributed by atoms with E-state index in [0.717, 1.165) is 23.7 Å². The van der Waals surface area contributed by atoms with Crippen molar-refractivity contribution in [3.05, 3.63) is 24.7 Å². The average molecular weight is 509 g/mol. The van der Waals surface area contributed by atoms with Gasteiger partial charge in [-0.2, -0.15) is 5.10 Å². The molecule has 206 valence electrons. The highest BCUT2D eigenvalue weighted by molar-refractivity contribution is 6.34. The summed E-state index contributed by atoms with van der Waals surface area (Å²) >= 11 is 0. The van der Waals surface area contributed by atoms with Crippen LogP contribution in [0.5, 0.6) is 0 Å². The molecule has 37 heavy (non-hydrogen) atoms. The highest BCUT2D eigenvalue weighted by atomic mass is 15.2. The third kappa shape index (κ3) is 9.90. The molecule has 0 spiro atoms. The van der Waals surface area contributed by atoms with Gasteiger partial charge < -0.3 is 15.4 Å². The molecule has 7 heteroatoms. The normalized spacial score (nSPS) is 22.6. The van der Waals surface area contributed by atoms with Crippen molar-refractivity contribution in [1.82, 2.24) is 24.7 Å². The highest BCUT2D eigenvalue weighted by Gasteiger charge is 2.22. The summed E-state index contributed by atoms with van der Waals surface area (Å²) in [7, 11) is 1.34. The maximum atomic E-state index is 4.49. The molecule has 6 nitrogen and oxygen atoms in total. The Morgan fingerprint density at radius 1 is 0.892 bits per heavy atom. The number of unbranched alkanes of at least 4 members (excludes halogenated alkanes) is 1. The lowest BCUT2D eigenvalue weighted by Crippen LogP contribution is -2.39. The summed E-state index contributed by atoms with van der Waals surface area (Å²) in [5.41, 5.74) is 1.07. The Kier molecular flexibility index (Phi) is 12.6. The van der Waals surface area contributed by atoms with Gasteiger partial charge >= 0.3 is 0 Å². The fourth-order valence-electron chi connectivity index (χ4n) is 6.52. The zero-order valence-corrected chi connectivity index (χ0v) is 23.7. The van der Waals surface area contributed by atoms with Crippen LogP contribution in [0.4, 0.5) is 5.82 Å². The number of hydrogen-bond acceptors (Lipinski definition) is 5. The molecule has 0 aromatic carbocycles. The smallest absolute Gasteiger partial charge is 0.207 e. The van der Waals surface area contributed by atoms with Crippen molar-refractivity contribution in [2.45, 2.75) is 134 Å². The van der Waals surface area contributed by atoms with Crippen LogP contribution in [-0.4, -0.2) is 58.5 Å². The van der Waals surface area contributed by atoms with Crippen LogP contribution in [0.1, 0.15) is 116 Å². The van der Waals surface area contributed by atoms with E-state index >= 15 is 0 Å². The van der Waals surface area contributed by atoms with E-state index in [0.29, 0.717) is 12.1 Å². The van der Waals surface area contributed by atoms with Crippen LogP contribution in [0.3, 0.4) is 0 Å². The molecule has 0 aliphatic heterocycles. The lowest BCUT2D eigenvalue weighted by Gasteiger charge is -2.31. The van der Waals surface area contributed by atoms with Gasteiger partial charge in [0, 0.05) is 18.3 Å². The van der Waals surface area contributed by atoms with E-state index in [2.05, 4.69) is 38.5 Å². The van der Waals surface area contributed by atoms with Crippen LogP contribution in [0, 0.1) is 0 Å². The summed E-state index contributed by atoms with van der Waals surface area (Å²) in [6.45, 7) is 6.06. The molecule has 4 rings (SSSR count). The number of nitrogens with one attached hydrogen (secondary N) is 2. The van der Waals surface area contributed by atoms with Gasteiger partial charge in [0.25, 0.3) is 0 Å². The molecular formula is C30H53BN6. The standard InChI is InChI=1S/C30H53BN6/c1-2-3-22-36(31-26-14-10-8-6-4-5-7-9-11-15-26)23-13-21-32-27-17-19-28(20-18-27)35-30-29-16-12-24-37(29)34-25-33-30/h12,16,24-28,31-32H,2-11,13-15,17-23H2,1H3,(H,33,34,35). The highest BCUT2D eigenvalue weighted by Crippen LogP contribution is 2.26. The summed E-state index contributed by atoms with van der Waals surface area (Å²) < 4.78 is 1.90. The van der Waals surface area contributed by atoms with Crippen LogP contribution >= 0.6 is 0 Å². The first-order valence-electron chi connectivity index (χ1n) is 15.8. The Morgan fingerprint density at radius 2 is 1.57 bits per heavy atom. The molecule has 2 aliphatic carbocycles. The fourth-order valence-corrected chi connectivity index (χ4v) is 6.52. The third-order valence-electron chi connectivity index (χ3n) is 8.80. The lowest BCUT2D eigenvalue weighted by molar-refractivity contribution is 0.341. The molecule has 0 unspecified atom stereocenters. The molecule has 2 heterocycles. The summed E-state index contributed by atoms with van der Waals surface area (Å²) in [4.78, 5) is 7.31. The molecule has 2 fully saturated rings. The van der Waals surface area contributed by atoms with Crippen molar-refractivity contribution in [2.24, 2.45) is 0 Å². The van der Waals surface area contributed by atoms with E-state index in [1.54, 1.807) is 6.33 Å². The summed E-state index contributed by atoms with van der Waals surface area (Å²) in [6, 6.07) is 5.29. The summed E-state index contributed by atoms with van der Waals surface area (Å²) in [6.07, 6.45) is 27.1. The Bertz CT molecular complexity index is 853. The molecule has 0 atom stereocenters. The Morgan fingerprint density at radius 3 is 2.30 bits per heavy atom. The van der Waals surface area contributed by atoms with Gasteiger partial charge in [0.15, 0.2) is 5.82 Å². The van der Waals surface area contributed by atoms with E-state index in [9.17, 15) is 0 Å². The molecule has 2 aromatic rings. The molecule has 0 amide bonds. The van der Waals surface area contributed by atoms with Crippen LogP contribution in [0.15, 0.2) is 24.7 Å². The Hall–Kier alpha value is -1.60. The molecule has 2 N–H and O–H groups in total. The number of fused-ring (bicyclic) bond motifs is 1. The van der Waals surface area contributed by atoms with Gasteiger partial charge in [-0.05, 0) is 70.3 Å². The van der Waals surface area contributed by atoms with Gasteiger partial charge in [0.05, 0.1) is 0 Å². The first kappa shape index (κ1) is 28.4. The van der Waals surface area contributed by atoms with Gasteiger partial charge in [-0.1, -0.05) is 83.4 Å². The minimum atomic E-state index is 0.512. The minimum absolute atomic E-state index is 0.512. The zero-order chi connectivity index (χ0) is 25.5. The Labute approximate surface area is 227 Å². The van der Waals surface area contributed by atoms with Crippen LogP contribution in [0.25, 0.3) is 5.52 Å². The number of hydrogen-bond donors (Lipinski definition) is 2. The van der Waals surface area contributed by atoms with E-state index in [-0.39, 0.29) is 0 Å². The van der Waals surface area contributed by atoms with Gasteiger partial charge in [-0.25, -0.2) is 9.50 Å². The molecule has 0 radical (unpaired) electrons. The van der Waals surface area contributed by atoms with Crippen molar-refractivity contribution < 1.29 is 0 Å². The number of anilines is 1. The second-order valence-corrected chi connectivity index (χ2v) is 11.9. The molecule has 0 saturated heterocycles. The van der Waals surface area contributed by atoms with Gasteiger partial charge in [0.2, 0.25) is 7.41 Å². The fraction of sp³-hybridized carbons (Fsp3) is 0.800. The molecule has 2 saturated carbocycles. The number of nitrogens with zero attached hydrogens (tertiary/aromatic N) is 4. The maximum Gasteiger partial charge on any atom is 0.207 e. The zero-order valence-electron chi connectivity index (χ0n) is 23.7. The predicted octanol–water partition coefficient (Wildman–Crippen LogP) is 6.59. The third-order valence-corrected chi connectivity index (χ3v) is 8.80. The van der Waals surface area contributed by atoms with Crippen molar-refractivity contribution in [2.75, 3.05) is 25.0 Å². The van der Waals surface area contributed by atoms with Crippen LogP contribution < -0.4 is 10.6 Å². The van der Waals surface area contributed by atoms with Gasteiger partial charge in [-0.3, -0.25) is 0 Å². The van der Waals surface area contributed by atoms with Crippen molar-refractivity contribution in [1.29, 1.82) is 0 Å².